The Kier molecular flexibility index (Phi) is 4.92. The molecule has 14 heavy (non-hydrogen) atoms. The van der Waals surface area contributed by atoms with Crippen LogP contribution in [0.1, 0.15) is 41.0 Å². The molecule has 0 atom stereocenters. The van der Waals surface area contributed by atoms with Crippen LogP contribution < -0.4 is 0 Å². The van der Waals surface area contributed by atoms with E-state index >= 15 is 0 Å². The minimum Gasteiger partial charge on any atom is -0.549 e. The Bertz CT molecular complexity index is 187. The lowest BCUT2D eigenvalue weighted by molar-refractivity contribution is 0.426. The Labute approximate surface area is 90.7 Å². The molecule has 0 spiro atoms. The average molecular weight is 214 g/mol. The molecule has 0 fully saturated rings. The highest BCUT2D eigenvalue weighted by molar-refractivity contribution is 6.74. The van der Waals surface area contributed by atoms with Gasteiger partial charge in [-0.3, -0.25) is 0 Å². The van der Waals surface area contributed by atoms with Crippen LogP contribution in [0, 0.1) is 5.92 Å². The van der Waals surface area contributed by atoms with Gasteiger partial charge in [0.05, 0.1) is 6.26 Å². The van der Waals surface area contributed by atoms with Crippen LogP contribution in [0.5, 0.6) is 0 Å². The van der Waals surface area contributed by atoms with Crippen molar-refractivity contribution in [2.24, 2.45) is 5.92 Å². The first-order valence-electron chi connectivity index (χ1n) is 5.49. The fraction of sp³-hybridized carbons (Fsp3) is 0.833. The third-order valence-corrected chi connectivity index (χ3v) is 7.21. The molecule has 2 heteroatoms. The zero-order chi connectivity index (χ0) is 11.4. The first kappa shape index (κ1) is 13.8. The summed E-state index contributed by atoms with van der Waals surface area (Å²) in [7, 11) is -1.56. The molecule has 0 heterocycles. The molecule has 0 aliphatic rings. The summed E-state index contributed by atoms with van der Waals surface area (Å²) in [6, 6.07) is 0. The smallest absolute Gasteiger partial charge is 0.249 e. The Morgan fingerprint density at radius 2 is 1.71 bits per heavy atom. The van der Waals surface area contributed by atoms with Gasteiger partial charge in [0, 0.05) is 0 Å². The molecular weight excluding hydrogens is 188 g/mol. The number of allylic oxidation sites excluding steroid dienone is 1. The second-order valence-corrected chi connectivity index (χ2v) is 10.6. The summed E-state index contributed by atoms with van der Waals surface area (Å²) in [5.41, 5.74) is 0. The van der Waals surface area contributed by atoms with Gasteiger partial charge in [0.25, 0.3) is 0 Å². The van der Waals surface area contributed by atoms with Gasteiger partial charge in [-0.25, -0.2) is 0 Å². The van der Waals surface area contributed by atoms with Gasteiger partial charge in [-0.15, -0.1) is 0 Å². The minimum absolute atomic E-state index is 0.301. The van der Waals surface area contributed by atoms with Gasteiger partial charge in [0.2, 0.25) is 8.32 Å². The second-order valence-electron chi connectivity index (χ2n) is 5.88. The summed E-state index contributed by atoms with van der Waals surface area (Å²) < 4.78 is 5.90. The predicted molar refractivity (Wildman–Crippen MR) is 66.9 cm³/mol. The summed E-state index contributed by atoms with van der Waals surface area (Å²) in [5, 5.41) is 0.301. The van der Waals surface area contributed by atoms with Crippen molar-refractivity contribution in [2.45, 2.75) is 59.2 Å². The first-order chi connectivity index (χ1) is 6.17. The van der Waals surface area contributed by atoms with Gasteiger partial charge in [-0.2, -0.15) is 0 Å². The standard InChI is InChI=1S/C12H26OSi/c1-11(2)9-8-10-13-14(6,7)12(3,4)5/h8,10-11H,9H2,1-7H3/b10-8+. The SMILES string of the molecule is CC(C)C/C=C/O[Si](C)(C)C(C)(C)C. The Balaban J connectivity index is 4.06. The van der Waals surface area contributed by atoms with E-state index in [9.17, 15) is 0 Å². The normalized spacial score (nSPS) is 14.0. The van der Waals surface area contributed by atoms with Crippen LogP contribution in [-0.4, -0.2) is 8.32 Å². The molecule has 0 saturated heterocycles. The van der Waals surface area contributed by atoms with Crippen molar-refractivity contribution >= 4 is 8.32 Å². The molecule has 0 N–H and O–H groups in total. The van der Waals surface area contributed by atoms with E-state index in [2.05, 4.69) is 53.8 Å². The van der Waals surface area contributed by atoms with Crippen molar-refractivity contribution in [1.29, 1.82) is 0 Å². The van der Waals surface area contributed by atoms with Crippen LogP contribution in [0.4, 0.5) is 0 Å². The van der Waals surface area contributed by atoms with E-state index in [4.69, 9.17) is 4.43 Å². The molecule has 0 bridgehead atoms. The highest BCUT2D eigenvalue weighted by atomic mass is 28.4. The molecule has 0 aromatic heterocycles. The molecule has 84 valence electrons. The van der Waals surface area contributed by atoms with Crippen LogP contribution in [-0.2, 0) is 4.43 Å². The van der Waals surface area contributed by atoms with Gasteiger partial charge < -0.3 is 4.43 Å². The van der Waals surface area contributed by atoms with Crippen molar-refractivity contribution in [3.63, 3.8) is 0 Å². The fourth-order valence-electron chi connectivity index (χ4n) is 0.723. The van der Waals surface area contributed by atoms with Crippen molar-refractivity contribution < 1.29 is 4.43 Å². The highest BCUT2D eigenvalue weighted by Gasteiger charge is 2.37. The van der Waals surface area contributed by atoms with E-state index in [0.717, 1.165) is 6.42 Å². The van der Waals surface area contributed by atoms with E-state index in [-0.39, 0.29) is 0 Å². The lowest BCUT2D eigenvalue weighted by atomic mass is 10.1. The lowest BCUT2D eigenvalue weighted by Crippen LogP contribution is -2.39. The predicted octanol–water partition coefficient (Wildman–Crippen LogP) is 4.57. The molecule has 1 nitrogen and oxygen atoms in total. The number of rotatable bonds is 4. The van der Waals surface area contributed by atoms with Crippen LogP contribution in [0.25, 0.3) is 0 Å². The summed E-state index contributed by atoms with van der Waals surface area (Å²) in [6.45, 7) is 15.8. The number of hydrogen-bond donors (Lipinski definition) is 0. The lowest BCUT2D eigenvalue weighted by Gasteiger charge is -2.35. The number of hydrogen-bond acceptors (Lipinski definition) is 1. The van der Waals surface area contributed by atoms with E-state index in [0.29, 0.717) is 11.0 Å². The van der Waals surface area contributed by atoms with E-state index in [1.165, 1.54) is 0 Å². The van der Waals surface area contributed by atoms with Crippen molar-refractivity contribution in [3.8, 4) is 0 Å². The molecule has 0 amide bonds. The van der Waals surface area contributed by atoms with E-state index < -0.39 is 8.32 Å². The Morgan fingerprint density at radius 1 is 1.21 bits per heavy atom. The maximum absolute atomic E-state index is 5.90. The van der Waals surface area contributed by atoms with Crippen molar-refractivity contribution in [2.75, 3.05) is 0 Å². The zero-order valence-corrected chi connectivity index (χ0v) is 11.8. The summed E-state index contributed by atoms with van der Waals surface area (Å²) >= 11 is 0. The van der Waals surface area contributed by atoms with E-state index in [1.807, 2.05) is 6.26 Å². The monoisotopic (exact) mass is 214 g/mol. The molecule has 0 aromatic rings. The quantitative estimate of drug-likeness (QED) is 0.492. The minimum atomic E-state index is -1.56. The average Bonchev–Trinajstić information content (AvgIpc) is 1.95. The molecule has 0 radical (unpaired) electrons. The first-order valence-corrected chi connectivity index (χ1v) is 8.40. The third-order valence-electron chi connectivity index (χ3n) is 2.87. The molecule has 0 aliphatic carbocycles. The third kappa shape index (κ3) is 4.84. The van der Waals surface area contributed by atoms with Crippen LogP contribution in [0.15, 0.2) is 12.3 Å². The molecular formula is C12H26OSi. The zero-order valence-electron chi connectivity index (χ0n) is 10.8. The van der Waals surface area contributed by atoms with Gasteiger partial charge >= 0.3 is 0 Å². The molecule has 0 aliphatic heterocycles. The second kappa shape index (κ2) is 5.01. The van der Waals surface area contributed by atoms with Crippen LogP contribution in [0.3, 0.4) is 0 Å². The molecule has 0 unspecified atom stereocenters. The van der Waals surface area contributed by atoms with Crippen LogP contribution in [0.2, 0.25) is 18.1 Å². The molecule has 0 saturated carbocycles. The van der Waals surface area contributed by atoms with Gasteiger partial charge in [-0.1, -0.05) is 40.7 Å². The molecule has 0 rings (SSSR count). The van der Waals surface area contributed by atoms with Crippen molar-refractivity contribution in [1.82, 2.24) is 0 Å². The van der Waals surface area contributed by atoms with Crippen molar-refractivity contribution in [3.05, 3.63) is 12.3 Å². The highest BCUT2D eigenvalue weighted by Crippen LogP contribution is 2.36. The summed E-state index contributed by atoms with van der Waals surface area (Å²) in [6.07, 6.45) is 5.16. The maximum atomic E-state index is 5.90. The fourth-order valence-corrected chi connectivity index (χ4v) is 1.51. The Hall–Kier alpha value is -0.243. The summed E-state index contributed by atoms with van der Waals surface area (Å²) in [5.74, 6) is 0.717. The Morgan fingerprint density at radius 3 is 2.07 bits per heavy atom. The van der Waals surface area contributed by atoms with Crippen LogP contribution >= 0.6 is 0 Å². The topological polar surface area (TPSA) is 9.23 Å². The largest absolute Gasteiger partial charge is 0.549 e. The van der Waals surface area contributed by atoms with E-state index in [1.54, 1.807) is 0 Å². The maximum Gasteiger partial charge on any atom is 0.249 e. The van der Waals surface area contributed by atoms with Gasteiger partial charge in [0.15, 0.2) is 0 Å². The van der Waals surface area contributed by atoms with Gasteiger partial charge in [-0.05, 0) is 30.5 Å². The summed E-state index contributed by atoms with van der Waals surface area (Å²) in [4.78, 5) is 0. The molecule has 0 aromatic carbocycles. The van der Waals surface area contributed by atoms with Gasteiger partial charge in [0.1, 0.15) is 0 Å².